The fourth-order valence-electron chi connectivity index (χ4n) is 3.74. The van der Waals surface area contributed by atoms with Crippen molar-refractivity contribution in [2.75, 3.05) is 6.54 Å². The highest BCUT2D eigenvalue weighted by Crippen LogP contribution is 2.07. The highest BCUT2D eigenvalue weighted by Gasteiger charge is 2.31. The number of nitrogens with zero attached hydrogens (tertiary/aromatic N) is 1. The van der Waals surface area contributed by atoms with Crippen LogP contribution >= 0.6 is 0 Å². The zero-order valence-corrected chi connectivity index (χ0v) is 24.0. The quantitative estimate of drug-likeness (QED) is 0.0401. The number of primary amides is 1. The maximum atomic E-state index is 13.5. The zero-order valence-electron chi connectivity index (χ0n) is 24.0. The van der Waals surface area contributed by atoms with Gasteiger partial charge < -0.3 is 54.4 Å². The minimum absolute atomic E-state index is 0.0527. The summed E-state index contributed by atoms with van der Waals surface area (Å²) in [6.07, 6.45) is -1.42. The van der Waals surface area contributed by atoms with Gasteiger partial charge in [-0.05, 0) is 25.3 Å². The number of hydrogen-bond donors (Lipinski definition) is 10. The lowest BCUT2D eigenvalue weighted by atomic mass is 10.0. The number of benzene rings is 1. The van der Waals surface area contributed by atoms with Gasteiger partial charge in [-0.3, -0.25) is 38.6 Å². The van der Waals surface area contributed by atoms with Crippen LogP contribution in [0.1, 0.15) is 38.2 Å². The van der Waals surface area contributed by atoms with Crippen LogP contribution in [0.15, 0.2) is 35.3 Å². The third kappa shape index (κ3) is 14.1. The fraction of sp³-hybridized carbons (Fsp3) is 0.462. The average molecular weight is 622 g/mol. The number of carboxylic acid groups (broad SMARTS) is 2. The van der Waals surface area contributed by atoms with Gasteiger partial charge >= 0.3 is 11.9 Å². The Kier molecular flexibility index (Phi) is 15.3. The Labute approximate surface area is 252 Å². The number of carbonyl (C=O) groups is 7. The highest BCUT2D eigenvalue weighted by atomic mass is 16.4. The van der Waals surface area contributed by atoms with E-state index < -0.39 is 84.5 Å². The first-order chi connectivity index (χ1) is 20.6. The van der Waals surface area contributed by atoms with E-state index in [0.29, 0.717) is 5.56 Å². The topological polar surface area (TPSA) is 325 Å². The first kappa shape index (κ1) is 36.8. The lowest BCUT2D eigenvalue weighted by Crippen LogP contribution is -2.59. The summed E-state index contributed by atoms with van der Waals surface area (Å²) in [5.41, 5.74) is 22.0. The Balaban J connectivity index is 3.19. The fourth-order valence-corrected chi connectivity index (χ4v) is 3.74. The number of carbonyl (C=O) groups excluding carboxylic acids is 5. The molecule has 0 saturated heterocycles. The van der Waals surface area contributed by atoms with Crippen molar-refractivity contribution >= 4 is 47.4 Å². The second kappa shape index (κ2) is 18.3. The van der Waals surface area contributed by atoms with Crippen LogP contribution in [0, 0.1) is 0 Å². The van der Waals surface area contributed by atoms with Crippen LogP contribution in [-0.4, -0.2) is 94.4 Å². The van der Waals surface area contributed by atoms with E-state index in [4.69, 9.17) is 33.1 Å². The number of amides is 5. The standard InChI is InChI=1S/C26H39N9O9/c1-13(32-23(42)15(27)11-19(36)37)22(41)35-18(10-14-6-3-2-4-7-14)25(44)33-16(8-5-9-31-26(29)30)24(43)34-17(21(28)40)12-20(38)39/h2-4,6-7,13,15-18H,5,8-12,27H2,1H3,(H2,28,40)(H,32,42)(H,33,44)(H,34,43)(H,35,41)(H,36,37)(H,38,39)(H4,29,30,31)/t13-,15-,16-,17-,18-/m0/s1. The van der Waals surface area contributed by atoms with Crippen LogP contribution in [0.25, 0.3) is 0 Å². The van der Waals surface area contributed by atoms with Crippen LogP contribution in [0.3, 0.4) is 0 Å². The van der Waals surface area contributed by atoms with E-state index >= 15 is 0 Å². The molecule has 14 N–H and O–H groups in total. The summed E-state index contributed by atoms with van der Waals surface area (Å²) in [6, 6.07) is 1.64. The van der Waals surface area contributed by atoms with E-state index in [1.807, 2.05) is 0 Å². The summed E-state index contributed by atoms with van der Waals surface area (Å²) in [6.45, 7) is 1.37. The lowest BCUT2D eigenvalue weighted by molar-refractivity contribution is -0.140. The molecule has 0 bridgehead atoms. The van der Waals surface area contributed by atoms with Crippen molar-refractivity contribution in [2.45, 2.75) is 69.2 Å². The molecule has 242 valence electrons. The Bertz CT molecular complexity index is 1220. The van der Waals surface area contributed by atoms with Gasteiger partial charge in [0.15, 0.2) is 5.96 Å². The van der Waals surface area contributed by atoms with Crippen molar-refractivity contribution in [3.05, 3.63) is 35.9 Å². The molecular formula is C26H39N9O9. The van der Waals surface area contributed by atoms with E-state index in [1.54, 1.807) is 30.3 Å². The average Bonchev–Trinajstić information content (AvgIpc) is 2.93. The monoisotopic (exact) mass is 621 g/mol. The van der Waals surface area contributed by atoms with Crippen molar-refractivity contribution < 1.29 is 43.8 Å². The molecule has 5 amide bonds. The molecule has 0 aliphatic carbocycles. The van der Waals surface area contributed by atoms with Gasteiger partial charge in [0.2, 0.25) is 29.5 Å². The number of carboxylic acids is 2. The molecule has 1 aromatic rings. The molecule has 1 aromatic carbocycles. The second-order valence-corrected chi connectivity index (χ2v) is 9.76. The van der Waals surface area contributed by atoms with Crippen molar-refractivity contribution in [1.29, 1.82) is 0 Å². The predicted octanol–water partition coefficient (Wildman–Crippen LogP) is -4.00. The van der Waals surface area contributed by atoms with E-state index in [2.05, 4.69) is 26.3 Å². The molecule has 0 aliphatic rings. The third-order valence-corrected chi connectivity index (χ3v) is 6.02. The number of nitrogens with two attached hydrogens (primary N) is 4. The molecule has 0 fully saturated rings. The van der Waals surface area contributed by atoms with Gasteiger partial charge in [0, 0.05) is 13.0 Å². The smallest absolute Gasteiger partial charge is 0.305 e. The largest absolute Gasteiger partial charge is 0.481 e. The summed E-state index contributed by atoms with van der Waals surface area (Å²) >= 11 is 0. The van der Waals surface area contributed by atoms with Gasteiger partial charge in [-0.2, -0.15) is 0 Å². The van der Waals surface area contributed by atoms with Gasteiger partial charge in [0.05, 0.1) is 18.9 Å². The Morgan fingerprint density at radius 2 is 1.30 bits per heavy atom. The van der Waals surface area contributed by atoms with Gasteiger partial charge in [0.25, 0.3) is 0 Å². The highest BCUT2D eigenvalue weighted by molar-refractivity contribution is 5.96. The van der Waals surface area contributed by atoms with Crippen LogP contribution in [-0.2, 0) is 40.0 Å². The summed E-state index contributed by atoms with van der Waals surface area (Å²) in [7, 11) is 0. The summed E-state index contributed by atoms with van der Waals surface area (Å²) < 4.78 is 0. The molecule has 1 rings (SSSR count). The molecule has 18 nitrogen and oxygen atoms in total. The number of hydrogen-bond acceptors (Lipinski definition) is 9. The summed E-state index contributed by atoms with van der Waals surface area (Å²) in [5, 5.41) is 27.4. The number of nitrogens with one attached hydrogen (secondary N) is 4. The van der Waals surface area contributed by atoms with Gasteiger partial charge in [0.1, 0.15) is 24.2 Å². The van der Waals surface area contributed by atoms with E-state index in [9.17, 15) is 33.6 Å². The molecule has 0 radical (unpaired) electrons. The minimum atomic E-state index is -1.58. The number of aliphatic imine (C=N–C) groups is 1. The van der Waals surface area contributed by atoms with E-state index in [-0.39, 0.29) is 31.8 Å². The van der Waals surface area contributed by atoms with Crippen molar-refractivity contribution in [1.82, 2.24) is 21.3 Å². The zero-order chi connectivity index (χ0) is 33.4. The Morgan fingerprint density at radius 3 is 1.84 bits per heavy atom. The maximum absolute atomic E-state index is 13.5. The molecule has 0 aromatic heterocycles. The number of aliphatic carboxylic acids is 2. The summed E-state index contributed by atoms with van der Waals surface area (Å²) in [5.74, 6) is -7.52. The van der Waals surface area contributed by atoms with Crippen molar-refractivity contribution in [3.8, 4) is 0 Å². The third-order valence-electron chi connectivity index (χ3n) is 6.02. The van der Waals surface area contributed by atoms with Crippen LogP contribution < -0.4 is 44.2 Å². The minimum Gasteiger partial charge on any atom is -0.481 e. The van der Waals surface area contributed by atoms with Crippen LogP contribution in [0.4, 0.5) is 0 Å². The van der Waals surface area contributed by atoms with Crippen molar-refractivity contribution in [3.63, 3.8) is 0 Å². The van der Waals surface area contributed by atoms with E-state index in [0.717, 1.165) is 0 Å². The Morgan fingerprint density at radius 1 is 0.750 bits per heavy atom. The number of guanidine groups is 1. The maximum Gasteiger partial charge on any atom is 0.305 e. The molecule has 18 heteroatoms. The first-order valence-corrected chi connectivity index (χ1v) is 13.4. The van der Waals surface area contributed by atoms with Crippen molar-refractivity contribution in [2.24, 2.45) is 27.9 Å². The van der Waals surface area contributed by atoms with Gasteiger partial charge in [-0.15, -0.1) is 0 Å². The summed E-state index contributed by atoms with van der Waals surface area (Å²) in [4.78, 5) is 89.2. The predicted molar refractivity (Wildman–Crippen MR) is 155 cm³/mol. The van der Waals surface area contributed by atoms with Crippen LogP contribution in [0.5, 0.6) is 0 Å². The van der Waals surface area contributed by atoms with Crippen LogP contribution in [0.2, 0.25) is 0 Å². The normalized spacial score (nSPS) is 14.0. The number of rotatable bonds is 19. The van der Waals surface area contributed by atoms with Gasteiger partial charge in [-0.25, -0.2) is 0 Å². The molecule has 0 heterocycles. The first-order valence-electron chi connectivity index (χ1n) is 13.4. The SMILES string of the molecule is C[C@H](NC(=O)[C@@H](N)CC(=O)O)C(=O)N[C@@H](Cc1ccccc1)C(=O)N[C@@H](CCCN=C(N)N)C(=O)N[C@@H](CC(=O)O)C(N)=O. The second-order valence-electron chi connectivity index (χ2n) is 9.76. The molecule has 0 saturated carbocycles. The molecule has 0 aliphatic heterocycles. The molecular weight excluding hydrogens is 582 g/mol. The van der Waals surface area contributed by atoms with E-state index in [1.165, 1.54) is 6.92 Å². The van der Waals surface area contributed by atoms with Gasteiger partial charge in [-0.1, -0.05) is 30.3 Å². The Hall–Kier alpha value is -5.26. The molecule has 44 heavy (non-hydrogen) atoms. The molecule has 5 atom stereocenters. The molecule has 0 unspecified atom stereocenters. The lowest BCUT2D eigenvalue weighted by Gasteiger charge is -2.25. The molecule has 0 spiro atoms.